The molecule has 0 radical (unpaired) electrons. The topological polar surface area (TPSA) is 195 Å². The van der Waals surface area contributed by atoms with Gasteiger partial charge in [-0.05, 0) is 101 Å². The lowest BCUT2D eigenvalue weighted by Gasteiger charge is -2.26. The van der Waals surface area contributed by atoms with E-state index in [2.05, 4.69) is 47.7 Å². The number of Topliss-reactive ketones (excluding diaryl/α,β-unsaturated/α-hetero) is 1. The third kappa shape index (κ3) is 9.98. The maximum atomic E-state index is 12.1. The van der Waals surface area contributed by atoms with E-state index in [0.29, 0.717) is 31.7 Å². The fourth-order valence-electron chi connectivity index (χ4n) is 8.33. The number of benzene rings is 2. The smallest absolute Gasteiger partial charge is 0.407 e. The number of alkyl carbamates (subject to hydrolysis) is 2. The lowest BCUT2D eigenvalue weighted by Crippen LogP contribution is -2.33. The van der Waals surface area contributed by atoms with E-state index in [1.165, 1.54) is 0 Å². The third-order valence-electron chi connectivity index (χ3n) is 11.2. The standard InChI is InChI=1S/C22H29N5O3.C21H26N4O3/c1-13(2)23-22(29)30-16-8-7-14(9-16)19-11-20(26-25-19)24-18-6-4-5-15-12-27(3)21(28)10-17(15)18;1-12(2)22-21(27)28-16-7-6-14(9-16)19-11-20(25-24-19)23-18-5-3-4-13-8-15(26)10-17(13)18/h4-6,11,13-14,16H,7-10,12H2,1-3H3,(H,23,29)(H2,24,25,26);3-5,11-12,14,16H,6-10H2,1-2H3,(H,22,27)(H2,23,24,25)/t2*14-,16+/m00/s1. The molecule has 2 saturated carbocycles. The lowest BCUT2D eigenvalue weighted by molar-refractivity contribution is -0.130. The summed E-state index contributed by atoms with van der Waals surface area (Å²) in [5.41, 5.74) is 8.31. The summed E-state index contributed by atoms with van der Waals surface area (Å²) in [5, 5.41) is 27.3. The number of rotatable bonds is 10. The highest BCUT2D eigenvalue weighted by atomic mass is 16.6. The van der Waals surface area contributed by atoms with Crippen molar-refractivity contribution in [3.05, 3.63) is 82.2 Å². The zero-order valence-electron chi connectivity index (χ0n) is 33.9. The van der Waals surface area contributed by atoms with Crippen molar-refractivity contribution in [1.29, 1.82) is 0 Å². The molecule has 3 aliphatic carbocycles. The van der Waals surface area contributed by atoms with Gasteiger partial charge in [0, 0.05) is 85.2 Å². The first-order chi connectivity index (χ1) is 27.9. The fraction of sp³-hybridized carbons (Fsp3) is 0.488. The summed E-state index contributed by atoms with van der Waals surface area (Å²) in [6, 6.07) is 16.2. The van der Waals surface area contributed by atoms with Gasteiger partial charge >= 0.3 is 12.2 Å². The van der Waals surface area contributed by atoms with Crippen molar-refractivity contribution in [2.45, 2.75) is 128 Å². The Morgan fingerprint density at radius 2 is 1.21 bits per heavy atom. The van der Waals surface area contributed by atoms with Gasteiger partial charge in [-0.1, -0.05) is 24.3 Å². The predicted molar refractivity (Wildman–Crippen MR) is 219 cm³/mol. The molecule has 3 heterocycles. The van der Waals surface area contributed by atoms with Crippen molar-refractivity contribution < 1.29 is 28.7 Å². The van der Waals surface area contributed by atoms with E-state index in [9.17, 15) is 19.2 Å². The van der Waals surface area contributed by atoms with Gasteiger partial charge in [0.1, 0.15) is 18.0 Å². The van der Waals surface area contributed by atoms with Gasteiger partial charge in [0.2, 0.25) is 5.91 Å². The van der Waals surface area contributed by atoms with Crippen LogP contribution in [0.5, 0.6) is 0 Å². The van der Waals surface area contributed by atoms with Crippen molar-refractivity contribution in [2.75, 3.05) is 17.7 Å². The Morgan fingerprint density at radius 3 is 1.72 bits per heavy atom. The Hall–Kier alpha value is -5.86. The van der Waals surface area contributed by atoms with E-state index in [0.717, 1.165) is 95.2 Å². The molecule has 8 rings (SSSR count). The van der Waals surface area contributed by atoms with Crippen LogP contribution in [0.1, 0.15) is 112 Å². The number of ether oxygens (including phenoxy) is 2. The summed E-state index contributed by atoms with van der Waals surface area (Å²) < 4.78 is 11.0. The van der Waals surface area contributed by atoms with Gasteiger partial charge in [0.15, 0.2) is 11.6 Å². The number of hydrogen-bond acceptors (Lipinski definition) is 10. The maximum absolute atomic E-state index is 12.1. The maximum Gasteiger partial charge on any atom is 0.407 e. The second-order valence-corrected chi connectivity index (χ2v) is 16.5. The van der Waals surface area contributed by atoms with Crippen molar-refractivity contribution in [3.63, 3.8) is 0 Å². The van der Waals surface area contributed by atoms with Gasteiger partial charge in [-0.15, -0.1) is 0 Å². The van der Waals surface area contributed by atoms with Crippen LogP contribution in [0.4, 0.5) is 32.6 Å². The Bertz CT molecular complexity index is 2130. The number of fused-ring (bicyclic) bond motifs is 2. The number of ketones is 1. The Kier molecular flexibility index (Phi) is 12.3. The number of anilines is 4. The Balaban J connectivity index is 0.000000177. The molecular formula is C43H55N9O6. The van der Waals surface area contributed by atoms with Crippen molar-refractivity contribution in [2.24, 2.45) is 0 Å². The molecule has 0 unspecified atom stereocenters. The molecule has 2 aromatic carbocycles. The van der Waals surface area contributed by atoms with Crippen molar-refractivity contribution in [3.8, 4) is 0 Å². The van der Waals surface area contributed by atoms with E-state index in [4.69, 9.17) is 9.47 Å². The monoisotopic (exact) mass is 793 g/mol. The first-order valence-corrected chi connectivity index (χ1v) is 20.4. The minimum Gasteiger partial charge on any atom is -0.446 e. The molecule has 4 atom stereocenters. The summed E-state index contributed by atoms with van der Waals surface area (Å²) in [7, 11) is 1.83. The molecule has 4 aromatic rings. The molecule has 0 bridgehead atoms. The fourth-order valence-corrected chi connectivity index (χ4v) is 8.33. The van der Waals surface area contributed by atoms with Crippen LogP contribution in [0, 0.1) is 0 Å². The van der Waals surface area contributed by atoms with Gasteiger partial charge in [-0.3, -0.25) is 19.8 Å². The summed E-state index contributed by atoms with van der Waals surface area (Å²) in [5.74, 6) is 2.42. The average Bonchev–Trinajstić information content (AvgIpc) is 4.00. The number of aromatic amines is 2. The Morgan fingerprint density at radius 1 is 0.707 bits per heavy atom. The molecular weight excluding hydrogens is 739 g/mol. The number of amides is 3. The van der Waals surface area contributed by atoms with Crippen LogP contribution in [0.15, 0.2) is 48.5 Å². The van der Waals surface area contributed by atoms with Gasteiger partial charge in [-0.25, -0.2) is 9.59 Å². The zero-order chi connectivity index (χ0) is 40.9. The largest absolute Gasteiger partial charge is 0.446 e. The first-order valence-electron chi connectivity index (χ1n) is 20.4. The first kappa shape index (κ1) is 40.3. The molecule has 0 saturated heterocycles. The quantitative estimate of drug-likeness (QED) is 0.0971. The zero-order valence-corrected chi connectivity index (χ0v) is 33.9. The number of nitrogens with one attached hydrogen (secondary N) is 6. The third-order valence-corrected chi connectivity index (χ3v) is 11.2. The highest BCUT2D eigenvalue weighted by Gasteiger charge is 2.32. The molecule has 1 aliphatic heterocycles. The van der Waals surface area contributed by atoms with Gasteiger partial charge in [-0.2, -0.15) is 10.2 Å². The SMILES string of the molecule is CC(C)NC(=O)O[C@@H]1CC[C@H](c2cc(Nc3cccc4c3CC(=O)C4)n[nH]2)C1.CC(C)NC(=O)O[C@@H]1CC[C@H](c2cc(Nc3cccc4c3CC(=O)N(C)C4)n[nH]2)C1. The highest BCUT2D eigenvalue weighted by Crippen LogP contribution is 2.38. The predicted octanol–water partition coefficient (Wildman–Crippen LogP) is 7.03. The second kappa shape index (κ2) is 17.7. The second-order valence-electron chi connectivity index (χ2n) is 16.5. The van der Waals surface area contributed by atoms with Crippen LogP contribution >= 0.6 is 0 Å². The minimum absolute atomic E-state index is 0.0631. The number of aromatic nitrogens is 4. The van der Waals surface area contributed by atoms with Crippen LogP contribution in [-0.2, 0) is 44.9 Å². The normalized spacial score (nSPS) is 21.0. The highest BCUT2D eigenvalue weighted by molar-refractivity contribution is 5.90. The lowest BCUT2D eigenvalue weighted by atomic mass is 9.97. The number of hydrogen-bond donors (Lipinski definition) is 6. The summed E-state index contributed by atoms with van der Waals surface area (Å²) in [6.45, 7) is 8.28. The van der Waals surface area contributed by atoms with E-state index in [1.54, 1.807) is 4.90 Å². The molecule has 3 amide bonds. The molecule has 15 nitrogen and oxygen atoms in total. The minimum atomic E-state index is -0.350. The van der Waals surface area contributed by atoms with Gasteiger partial charge in [0.25, 0.3) is 0 Å². The van der Waals surface area contributed by atoms with E-state index >= 15 is 0 Å². The molecule has 308 valence electrons. The van der Waals surface area contributed by atoms with Crippen LogP contribution in [0.3, 0.4) is 0 Å². The molecule has 15 heteroatoms. The molecule has 0 spiro atoms. The number of likely N-dealkylation sites (N-methyl/N-ethyl adjacent to an activating group) is 1. The van der Waals surface area contributed by atoms with Gasteiger partial charge in [0.05, 0.1) is 6.42 Å². The van der Waals surface area contributed by atoms with Crippen LogP contribution in [0.2, 0.25) is 0 Å². The van der Waals surface area contributed by atoms with E-state index in [-0.39, 0.29) is 54.1 Å². The van der Waals surface area contributed by atoms with Crippen LogP contribution in [-0.4, -0.2) is 80.5 Å². The summed E-state index contributed by atoms with van der Waals surface area (Å²) in [6.07, 6.45) is 5.75. The average molecular weight is 794 g/mol. The van der Waals surface area contributed by atoms with Crippen LogP contribution in [0.25, 0.3) is 0 Å². The number of carbonyl (C=O) groups is 4. The van der Waals surface area contributed by atoms with E-state index in [1.807, 2.05) is 77.2 Å². The number of H-pyrrole nitrogens is 2. The molecule has 4 aliphatic rings. The van der Waals surface area contributed by atoms with Crippen molar-refractivity contribution in [1.82, 2.24) is 35.9 Å². The molecule has 58 heavy (non-hydrogen) atoms. The van der Waals surface area contributed by atoms with Crippen LogP contribution < -0.4 is 21.3 Å². The molecule has 2 aromatic heterocycles. The number of carbonyl (C=O) groups excluding carboxylic acids is 4. The van der Waals surface area contributed by atoms with Crippen molar-refractivity contribution >= 4 is 46.9 Å². The molecule has 6 N–H and O–H groups in total. The molecule has 2 fully saturated rings. The van der Waals surface area contributed by atoms with Gasteiger partial charge < -0.3 is 35.6 Å². The van der Waals surface area contributed by atoms with E-state index < -0.39 is 0 Å². The number of nitrogens with zero attached hydrogens (tertiary/aromatic N) is 3. The Labute approximate surface area is 338 Å². The summed E-state index contributed by atoms with van der Waals surface area (Å²) in [4.78, 5) is 49.3. The summed E-state index contributed by atoms with van der Waals surface area (Å²) >= 11 is 0.